The van der Waals surface area contributed by atoms with Crippen molar-refractivity contribution in [1.82, 2.24) is 10.2 Å². The fourth-order valence-electron chi connectivity index (χ4n) is 5.16. The number of para-hydroxylation sites is 1. The summed E-state index contributed by atoms with van der Waals surface area (Å²) in [6.07, 6.45) is -1.81. The van der Waals surface area contributed by atoms with Crippen LogP contribution in [0.15, 0.2) is 124 Å². The Morgan fingerprint density at radius 1 is 0.870 bits per heavy atom. The second kappa shape index (κ2) is 16.7. The van der Waals surface area contributed by atoms with E-state index in [2.05, 4.69) is 5.32 Å². The van der Waals surface area contributed by atoms with E-state index >= 15 is 0 Å². The number of nitrogens with zero attached hydrogens (tertiary/aromatic N) is 2. The fraction of sp³-hybridized carbons (Fsp3) is 0.222. The molecule has 0 radical (unpaired) electrons. The minimum absolute atomic E-state index is 0.113. The number of ether oxygens (including phenoxy) is 2. The molecule has 15 nitrogen and oxygen atoms in total. The van der Waals surface area contributed by atoms with E-state index in [-0.39, 0.29) is 15.5 Å². The molecule has 4 aromatic rings. The number of esters is 1. The number of rotatable bonds is 15. The molecule has 4 aromatic carbocycles. The van der Waals surface area contributed by atoms with Crippen LogP contribution in [0.1, 0.15) is 23.6 Å². The van der Waals surface area contributed by atoms with Crippen molar-refractivity contribution in [2.24, 2.45) is 0 Å². The Hall–Kier alpha value is -5.43. The Morgan fingerprint density at radius 2 is 1.44 bits per heavy atom. The van der Waals surface area contributed by atoms with Crippen molar-refractivity contribution in [3.8, 4) is 5.75 Å². The number of aryl methyl sites for hydroxylation is 2. The smallest absolute Gasteiger partial charge is 0.358 e. The van der Waals surface area contributed by atoms with Crippen LogP contribution in [0, 0.1) is 24.0 Å². The lowest BCUT2D eigenvalue weighted by Crippen LogP contribution is -2.72. The molecule has 0 aliphatic carbocycles. The highest BCUT2D eigenvalue weighted by atomic mass is 33.1. The number of hydrogen-bond acceptors (Lipinski definition) is 14. The van der Waals surface area contributed by atoms with Crippen molar-refractivity contribution in [2.45, 2.75) is 54.8 Å². The molecule has 1 amide bonds. The Kier molecular flexibility index (Phi) is 12.3. The van der Waals surface area contributed by atoms with Crippen LogP contribution < -0.4 is 10.1 Å². The maximum Gasteiger partial charge on any atom is 0.358 e. The Bertz CT molecular complexity index is 2250. The lowest BCUT2D eigenvalue weighted by Gasteiger charge is -2.52. The fourth-order valence-corrected chi connectivity index (χ4v) is 9.70. The summed E-state index contributed by atoms with van der Waals surface area (Å²) >= 11 is 0. The van der Waals surface area contributed by atoms with Gasteiger partial charge in [-0.05, 0) is 74.9 Å². The predicted molar refractivity (Wildman–Crippen MR) is 196 cm³/mol. The first-order valence-electron chi connectivity index (χ1n) is 16.1. The number of aliphatic hydroxyl groups excluding tert-OH is 1. The van der Waals surface area contributed by atoms with Gasteiger partial charge < -0.3 is 29.0 Å². The third-order valence-corrected chi connectivity index (χ3v) is 13.1. The minimum Gasteiger partial charge on any atom is -0.484 e. The molecule has 54 heavy (non-hydrogen) atoms. The number of carbonyl (C=O) groups excluding carboxylic acids is 2. The SMILES string of the molecule is C/C(OS(=O)(=O)c1ccc(C)cc1)=C(/C(=O)OCc1ccc([N+](=O)[O-])cc1)N1C(O)C(NC(=O)COc2ccccc2)C1SS(=O)(=O)c1ccc(C)cc1. The van der Waals surface area contributed by atoms with Gasteiger partial charge in [-0.15, -0.1) is 0 Å². The number of hydrogen-bond donors (Lipinski definition) is 2. The first-order chi connectivity index (χ1) is 25.6. The van der Waals surface area contributed by atoms with E-state index in [0.717, 1.165) is 23.0 Å². The normalized spacial score (nSPS) is 17.4. The van der Waals surface area contributed by atoms with Crippen LogP contribution in [0.3, 0.4) is 0 Å². The highest BCUT2D eigenvalue weighted by Gasteiger charge is 2.54. The molecule has 284 valence electrons. The van der Waals surface area contributed by atoms with Gasteiger partial charge in [-0.25, -0.2) is 13.2 Å². The van der Waals surface area contributed by atoms with E-state index in [1.54, 1.807) is 56.3 Å². The second-order valence-corrected chi connectivity index (χ2v) is 17.5. The first kappa shape index (κ1) is 39.8. The molecule has 3 atom stereocenters. The maximum atomic E-state index is 13.9. The largest absolute Gasteiger partial charge is 0.484 e. The molecule has 3 unspecified atom stereocenters. The molecule has 0 saturated carbocycles. The number of nitrogens with one attached hydrogen (secondary N) is 1. The van der Waals surface area contributed by atoms with Gasteiger partial charge in [0.15, 0.2) is 18.5 Å². The van der Waals surface area contributed by atoms with Crippen LogP contribution in [-0.2, 0) is 44.1 Å². The molecule has 1 saturated heterocycles. The molecular weight excluding hydrogens is 763 g/mol. The number of nitro groups is 1. The summed E-state index contributed by atoms with van der Waals surface area (Å²) in [5.74, 6) is -2.18. The van der Waals surface area contributed by atoms with Crippen molar-refractivity contribution in [3.63, 3.8) is 0 Å². The van der Waals surface area contributed by atoms with E-state index in [4.69, 9.17) is 13.7 Å². The first-order valence-corrected chi connectivity index (χ1v) is 20.4. The van der Waals surface area contributed by atoms with Gasteiger partial charge >= 0.3 is 16.1 Å². The van der Waals surface area contributed by atoms with E-state index in [1.165, 1.54) is 60.7 Å². The number of carbonyl (C=O) groups is 2. The molecule has 2 N–H and O–H groups in total. The zero-order valence-electron chi connectivity index (χ0n) is 29.0. The average Bonchev–Trinajstić information content (AvgIpc) is 3.14. The molecule has 0 bridgehead atoms. The van der Waals surface area contributed by atoms with E-state index in [9.17, 15) is 41.6 Å². The van der Waals surface area contributed by atoms with Gasteiger partial charge in [0.1, 0.15) is 34.4 Å². The van der Waals surface area contributed by atoms with E-state index < -0.39 is 78.1 Å². The van der Waals surface area contributed by atoms with Crippen LogP contribution >= 0.6 is 10.8 Å². The highest BCUT2D eigenvalue weighted by Crippen LogP contribution is 2.43. The Morgan fingerprint density at radius 3 is 2.02 bits per heavy atom. The van der Waals surface area contributed by atoms with Crippen LogP contribution in [0.5, 0.6) is 5.75 Å². The van der Waals surface area contributed by atoms with Crippen molar-refractivity contribution in [2.75, 3.05) is 6.61 Å². The zero-order valence-corrected chi connectivity index (χ0v) is 31.5. The van der Waals surface area contributed by atoms with Crippen molar-refractivity contribution < 1.29 is 50.1 Å². The summed E-state index contributed by atoms with van der Waals surface area (Å²) in [5.41, 5.74) is 0.989. The van der Waals surface area contributed by atoms with Crippen LogP contribution in [0.25, 0.3) is 0 Å². The van der Waals surface area contributed by atoms with Crippen molar-refractivity contribution in [1.29, 1.82) is 0 Å². The molecule has 1 aliphatic rings. The molecule has 0 aromatic heterocycles. The quantitative estimate of drug-likeness (QED) is 0.0322. The molecule has 1 aliphatic heterocycles. The molecule has 5 rings (SSSR count). The number of likely N-dealkylation sites (tertiary alicyclic amines) is 1. The van der Waals surface area contributed by atoms with Gasteiger partial charge in [-0.2, -0.15) is 8.42 Å². The minimum atomic E-state index is -4.58. The maximum absolute atomic E-state index is 13.9. The van der Waals surface area contributed by atoms with Gasteiger partial charge in [-0.3, -0.25) is 14.9 Å². The number of benzene rings is 4. The highest BCUT2D eigenvalue weighted by molar-refractivity contribution is 8.72. The zero-order chi connectivity index (χ0) is 39.2. The summed E-state index contributed by atoms with van der Waals surface area (Å²) in [5, 5.41) is 23.7. The third-order valence-electron chi connectivity index (χ3n) is 8.01. The summed E-state index contributed by atoms with van der Waals surface area (Å²) in [6, 6.07) is 23.7. The van der Waals surface area contributed by atoms with Gasteiger partial charge in [0.2, 0.25) is 8.87 Å². The Labute approximate surface area is 315 Å². The lowest BCUT2D eigenvalue weighted by molar-refractivity contribution is -0.384. The summed E-state index contributed by atoms with van der Waals surface area (Å²) in [6.45, 7) is 3.67. The van der Waals surface area contributed by atoms with Gasteiger partial charge in [-0.1, -0.05) is 53.6 Å². The molecule has 1 heterocycles. The summed E-state index contributed by atoms with van der Waals surface area (Å²) in [4.78, 5) is 38.0. The number of amides is 1. The van der Waals surface area contributed by atoms with Crippen LogP contribution in [0.2, 0.25) is 0 Å². The Balaban J connectivity index is 1.51. The van der Waals surface area contributed by atoms with Gasteiger partial charge in [0.25, 0.3) is 11.6 Å². The molecule has 1 fully saturated rings. The van der Waals surface area contributed by atoms with Crippen molar-refractivity contribution >= 4 is 47.3 Å². The molecule has 0 spiro atoms. The van der Waals surface area contributed by atoms with Crippen molar-refractivity contribution in [3.05, 3.63) is 141 Å². The van der Waals surface area contributed by atoms with Crippen LogP contribution in [-0.4, -0.2) is 67.9 Å². The predicted octanol–water partition coefficient (Wildman–Crippen LogP) is 4.54. The van der Waals surface area contributed by atoms with Gasteiger partial charge in [0, 0.05) is 22.9 Å². The monoisotopic (exact) mass is 797 g/mol. The van der Waals surface area contributed by atoms with E-state index in [0.29, 0.717) is 22.1 Å². The summed E-state index contributed by atoms with van der Waals surface area (Å²) in [7, 11) is -8.55. The third kappa shape index (κ3) is 9.56. The number of aliphatic hydroxyl groups is 1. The number of nitro benzene ring substituents is 1. The molecule has 18 heteroatoms. The lowest BCUT2D eigenvalue weighted by atomic mass is 10.0. The number of allylic oxidation sites excluding steroid dienone is 1. The standard InChI is InChI=1S/C36H35N3O12S3/c1-23-9-17-29(18-10-23)53(45,46)51-25(3)33(36(42)50-21-26-13-15-27(16-14-26)39(43)44)38-34(41)32(37-31(40)22-49-28-7-5-4-6-8-28)35(38)52-54(47,48)30-19-11-24(2)12-20-30/h4-20,32,34-35,41H,21-22H2,1-3H3,(H,37,40)/b33-25+. The second-order valence-electron chi connectivity index (χ2n) is 12.0. The van der Waals surface area contributed by atoms with E-state index in [1.807, 2.05) is 0 Å². The van der Waals surface area contributed by atoms with Crippen LogP contribution in [0.4, 0.5) is 5.69 Å². The van der Waals surface area contributed by atoms with Gasteiger partial charge in [0.05, 0.1) is 9.82 Å². The topological polar surface area (TPSA) is 209 Å². The average molecular weight is 798 g/mol. The summed E-state index contributed by atoms with van der Waals surface area (Å²) < 4.78 is 70.6. The number of non-ortho nitro benzene ring substituents is 1. The molecular formula is C36H35N3O12S3.